The fraction of sp³-hybridized carbons (Fsp3) is 0.360. The molecule has 1 saturated heterocycles. The lowest BCUT2D eigenvalue weighted by atomic mass is 10.1. The number of methoxy groups -OCH3 is 3. The van der Waals surface area contributed by atoms with Crippen LogP contribution in [0.15, 0.2) is 47.3 Å². The van der Waals surface area contributed by atoms with Gasteiger partial charge in [-0.3, -0.25) is 4.79 Å². The number of para-hydroxylation sites is 2. The van der Waals surface area contributed by atoms with Crippen molar-refractivity contribution in [2.75, 3.05) is 39.8 Å². The van der Waals surface area contributed by atoms with Gasteiger partial charge in [-0.1, -0.05) is 12.1 Å². The van der Waals surface area contributed by atoms with Crippen LogP contribution in [0, 0.1) is 0 Å². The van der Waals surface area contributed by atoms with Gasteiger partial charge in [0.05, 0.1) is 45.2 Å². The maximum Gasteiger partial charge on any atom is 0.253 e. The molecule has 1 aromatic heterocycles. The van der Waals surface area contributed by atoms with Crippen molar-refractivity contribution in [3.05, 3.63) is 58.4 Å². The number of thiocarbonyl (C=S) groups is 1. The van der Waals surface area contributed by atoms with Crippen molar-refractivity contribution < 1.29 is 18.9 Å². The summed E-state index contributed by atoms with van der Waals surface area (Å²) in [4.78, 5) is 17.9. The molecule has 2 N–H and O–H groups in total. The molecule has 1 aliphatic rings. The molecule has 0 aliphatic carbocycles. The molecule has 0 bridgehead atoms. The lowest BCUT2D eigenvalue weighted by Crippen LogP contribution is -2.40. The third-order valence-corrected chi connectivity index (χ3v) is 6.23. The van der Waals surface area contributed by atoms with Crippen LogP contribution < -0.4 is 25.1 Å². The zero-order valence-electron chi connectivity index (χ0n) is 19.6. The molecule has 4 rings (SSSR count). The highest BCUT2D eigenvalue weighted by molar-refractivity contribution is 7.80. The highest BCUT2D eigenvalue weighted by atomic mass is 32.1. The fourth-order valence-corrected chi connectivity index (χ4v) is 4.35. The molecule has 0 spiro atoms. The molecule has 34 heavy (non-hydrogen) atoms. The number of rotatable bonds is 8. The van der Waals surface area contributed by atoms with Crippen molar-refractivity contribution in [3.8, 4) is 17.2 Å². The molecular weight excluding hydrogens is 454 g/mol. The van der Waals surface area contributed by atoms with Crippen molar-refractivity contribution in [2.45, 2.75) is 25.5 Å². The van der Waals surface area contributed by atoms with E-state index in [1.165, 1.54) is 0 Å². The van der Waals surface area contributed by atoms with Gasteiger partial charge < -0.3 is 34.1 Å². The molecule has 1 fully saturated rings. The van der Waals surface area contributed by atoms with Gasteiger partial charge in [-0.2, -0.15) is 0 Å². The normalized spacial score (nSPS) is 15.2. The van der Waals surface area contributed by atoms with Gasteiger partial charge in [-0.05, 0) is 49.3 Å². The smallest absolute Gasteiger partial charge is 0.253 e. The molecule has 2 heterocycles. The van der Waals surface area contributed by atoms with Gasteiger partial charge in [-0.25, -0.2) is 0 Å². The number of H-pyrrole nitrogens is 1. The van der Waals surface area contributed by atoms with Crippen LogP contribution >= 0.6 is 12.2 Å². The minimum absolute atomic E-state index is 0.0568. The lowest BCUT2D eigenvalue weighted by Gasteiger charge is -2.28. The molecule has 180 valence electrons. The number of hydrogen-bond donors (Lipinski definition) is 2. The summed E-state index contributed by atoms with van der Waals surface area (Å²) in [5.74, 6) is 1.84. The molecule has 1 atom stereocenters. The Labute approximate surface area is 203 Å². The van der Waals surface area contributed by atoms with E-state index >= 15 is 0 Å². The van der Waals surface area contributed by atoms with Crippen LogP contribution in [-0.2, 0) is 11.3 Å². The number of ether oxygens (including phenoxy) is 4. The molecular formula is C25H29N3O5S. The van der Waals surface area contributed by atoms with E-state index in [4.69, 9.17) is 31.2 Å². The van der Waals surface area contributed by atoms with Crippen molar-refractivity contribution in [1.29, 1.82) is 0 Å². The summed E-state index contributed by atoms with van der Waals surface area (Å²) in [7, 11) is 4.77. The van der Waals surface area contributed by atoms with Crippen molar-refractivity contribution >= 4 is 33.9 Å². The molecule has 9 heteroatoms. The van der Waals surface area contributed by atoms with Gasteiger partial charge in [0.25, 0.3) is 5.56 Å². The van der Waals surface area contributed by atoms with E-state index in [-0.39, 0.29) is 11.7 Å². The number of hydrogen-bond acceptors (Lipinski definition) is 6. The average molecular weight is 484 g/mol. The van der Waals surface area contributed by atoms with E-state index < -0.39 is 0 Å². The SMILES string of the molecule is COc1ccccc1NC(=S)N(Cc1cc2cc(OC)c(OC)cc2[nH]c1=O)CC1CCCO1. The average Bonchev–Trinajstić information content (AvgIpc) is 3.36. The first-order chi connectivity index (χ1) is 16.5. The number of nitrogens with zero attached hydrogens (tertiary/aromatic N) is 1. The van der Waals surface area contributed by atoms with Crippen LogP contribution in [-0.4, -0.2) is 55.6 Å². The highest BCUT2D eigenvalue weighted by Gasteiger charge is 2.23. The predicted molar refractivity (Wildman–Crippen MR) is 136 cm³/mol. The second-order valence-electron chi connectivity index (χ2n) is 8.06. The van der Waals surface area contributed by atoms with Crippen molar-refractivity contribution in [1.82, 2.24) is 9.88 Å². The molecule has 1 aliphatic heterocycles. The fourth-order valence-electron chi connectivity index (χ4n) is 4.10. The summed E-state index contributed by atoms with van der Waals surface area (Å²) in [6, 6.07) is 13.1. The third kappa shape index (κ3) is 5.26. The predicted octanol–water partition coefficient (Wildman–Crippen LogP) is 3.93. The zero-order valence-corrected chi connectivity index (χ0v) is 20.4. The minimum Gasteiger partial charge on any atom is -0.495 e. The Morgan fingerprint density at radius 3 is 2.56 bits per heavy atom. The number of aromatic amines is 1. The monoisotopic (exact) mass is 483 g/mol. The van der Waals surface area contributed by atoms with Gasteiger partial charge in [-0.15, -0.1) is 0 Å². The van der Waals surface area contributed by atoms with Crippen molar-refractivity contribution in [3.63, 3.8) is 0 Å². The second-order valence-corrected chi connectivity index (χ2v) is 8.45. The molecule has 0 amide bonds. The maximum atomic E-state index is 13.0. The lowest BCUT2D eigenvalue weighted by molar-refractivity contribution is 0.0904. The topological polar surface area (TPSA) is 85.1 Å². The Balaban J connectivity index is 1.64. The first kappa shape index (κ1) is 23.8. The number of anilines is 1. The largest absolute Gasteiger partial charge is 0.495 e. The van der Waals surface area contributed by atoms with Gasteiger partial charge >= 0.3 is 0 Å². The number of nitrogens with one attached hydrogen (secondary N) is 2. The Morgan fingerprint density at radius 2 is 1.85 bits per heavy atom. The summed E-state index contributed by atoms with van der Waals surface area (Å²) < 4.78 is 22.1. The van der Waals surface area contributed by atoms with E-state index in [1.54, 1.807) is 27.4 Å². The summed E-state index contributed by atoms with van der Waals surface area (Å²) in [6.07, 6.45) is 2.03. The van der Waals surface area contributed by atoms with Gasteiger partial charge in [0.2, 0.25) is 0 Å². The summed E-state index contributed by atoms with van der Waals surface area (Å²) in [5, 5.41) is 4.61. The number of fused-ring (bicyclic) bond motifs is 1. The van der Waals surface area contributed by atoms with E-state index in [0.717, 1.165) is 30.5 Å². The van der Waals surface area contributed by atoms with Crippen molar-refractivity contribution in [2.24, 2.45) is 0 Å². The van der Waals surface area contributed by atoms with Gasteiger partial charge in [0.1, 0.15) is 5.75 Å². The molecule has 1 unspecified atom stereocenters. The summed E-state index contributed by atoms with van der Waals surface area (Å²) in [5.41, 5.74) is 1.84. The van der Waals surface area contributed by atoms with E-state index in [1.807, 2.05) is 41.3 Å². The van der Waals surface area contributed by atoms with E-state index in [0.29, 0.717) is 46.5 Å². The zero-order chi connectivity index (χ0) is 24.1. The van der Waals surface area contributed by atoms with Crippen LogP contribution in [0.25, 0.3) is 10.9 Å². The molecule has 8 nitrogen and oxygen atoms in total. The minimum atomic E-state index is -0.183. The van der Waals surface area contributed by atoms with E-state index in [2.05, 4.69) is 10.3 Å². The first-order valence-electron chi connectivity index (χ1n) is 11.1. The van der Waals surface area contributed by atoms with Crippen LogP contribution in [0.2, 0.25) is 0 Å². The molecule has 0 saturated carbocycles. The third-order valence-electron chi connectivity index (χ3n) is 5.87. The van der Waals surface area contributed by atoms with E-state index in [9.17, 15) is 4.79 Å². The van der Waals surface area contributed by atoms with Crippen LogP contribution in [0.1, 0.15) is 18.4 Å². The quantitative estimate of drug-likeness (QED) is 0.466. The Kier molecular flexibility index (Phi) is 7.54. The van der Waals surface area contributed by atoms with Gasteiger partial charge in [0, 0.05) is 30.2 Å². The summed E-state index contributed by atoms with van der Waals surface area (Å²) >= 11 is 5.77. The highest BCUT2D eigenvalue weighted by Crippen LogP contribution is 2.31. The maximum absolute atomic E-state index is 13.0. The number of benzene rings is 2. The van der Waals surface area contributed by atoms with Crippen LogP contribution in [0.4, 0.5) is 5.69 Å². The first-order valence-corrected chi connectivity index (χ1v) is 11.5. The second kappa shape index (κ2) is 10.8. The Morgan fingerprint density at radius 1 is 1.12 bits per heavy atom. The molecule has 3 aromatic rings. The number of pyridine rings is 1. The number of aromatic nitrogens is 1. The summed E-state index contributed by atoms with van der Waals surface area (Å²) in [6.45, 7) is 1.63. The molecule has 0 radical (unpaired) electrons. The standard InChI is InChI=1S/C25H29N3O5S/c1-30-21-9-5-4-8-19(21)27-25(34)28(15-18-7-6-10-33-18)14-17-11-16-12-22(31-2)23(32-3)13-20(16)26-24(17)29/h4-5,8-9,11-13,18H,6-7,10,14-15H2,1-3H3,(H,26,29)(H,27,34). The Bertz CT molecular complexity index is 1220. The van der Waals surface area contributed by atoms with Crippen LogP contribution in [0.5, 0.6) is 17.2 Å². The van der Waals surface area contributed by atoms with Crippen LogP contribution in [0.3, 0.4) is 0 Å². The molecule has 2 aromatic carbocycles. The Hall–Kier alpha value is -3.30. The van der Waals surface area contributed by atoms with Gasteiger partial charge in [0.15, 0.2) is 16.6 Å².